The van der Waals surface area contributed by atoms with Crippen LogP contribution in [0.5, 0.6) is 0 Å². The summed E-state index contributed by atoms with van der Waals surface area (Å²) in [5.41, 5.74) is 2.28. The third-order valence-electron chi connectivity index (χ3n) is 2.06. The molecule has 14 heavy (non-hydrogen) atoms. The van der Waals surface area contributed by atoms with Crippen LogP contribution >= 0.6 is 0 Å². The van der Waals surface area contributed by atoms with Crippen LogP contribution in [0.2, 0.25) is 0 Å². The SMILES string of the molecule is Cc1cccc(CCNCC(C)C)n1. The Kier molecular flexibility index (Phi) is 4.60. The van der Waals surface area contributed by atoms with Gasteiger partial charge in [0.25, 0.3) is 0 Å². The molecule has 2 nitrogen and oxygen atoms in total. The molecule has 2 heteroatoms. The molecular weight excluding hydrogens is 172 g/mol. The molecule has 0 unspecified atom stereocenters. The van der Waals surface area contributed by atoms with Gasteiger partial charge in [0.1, 0.15) is 0 Å². The maximum absolute atomic E-state index is 4.45. The van der Waals surface area contributed by atoms with Gasteiger partial charge in [-0.2, -0.15) is 0 Å². The van der Waals surface area contributed by atoms with Crippen molar-refractivity contribution in [1.29, 1.82) is 0 Å². The van der Waals surface area contributed by atoms with E-state index >= 15 is 0 Å². The van der Waals surface area contributed by atoms with Crippen molar-refractivity contribution < 1.29 is 0 Å². The van der Waals surface area contributed by atoms with E-state index in [2.05, 4.69) is 36.3 Å². The zero-order chi connectivity index (χ0) is 10.4. The lowest BCUT2D eigenvalue weighted by Crippen LogP contribution is -2.22. The molecule has 0 aromatic carbocycles. The summed E-state index contributed by atoms with van der Waals surface area (Å²) in [6.45, 7) is 8.58. The van der Waals surface area contributed by atoms with Gasteiger partial charge < -0.3 is 5.32 Å². The molecule has 0 saturated carbocycles. The Morgan fingerprint density at radius 3 is 2.79 bits per heavy atom. The number of hydrogen-bond acceptors (Lipinski definition) is 2. The first-order valence-corrected chi connectivity index (χ1v) is 5.31. The van der Waals surface area contributed by atoms with Crippen molar-refractivity contribution in [2.24, 2.45) is 5.92 Å². The molecule has 0 bridgehead atoms. The van der Waals surface area contributed by atoms with Crippen LogP contribution in [-0.2, 0) is 6.42 Å². The Morgan fingerprint density at radius 1 is 1.36 bits per heavy atom. The summed E-state index contributed by atoms with van der Waals surface area (Å²) in [4.78, 5) is 4.45. The van der Waals surface area contributed by atoms with Crippen LogP contribution in [0.4, 0.5) is 0 Å². The fraction of sp³-hybridized carbons (Fsp3) is 0.583. The van der Waals surface area contributed by atoms with E-state index in [0.717, 1.165) is 31.1 Å². The van der Waals surface area contributed by atoms with Crippen LogP contribution in [0.3, 0.4) is 0 Å². The molecule has 0 spiro atoms. The van der Waals surface area contributed by atoms with Crippen LogP contribution in [0.1, 0.15) is 25.2 Å². The van der Waals surface area contributed by atoms with Crippen LogP contribution in [-0.4, -0.2) is 18.1 Å². The predicted molar refractivity (Wildman–Crippen MR) is 60.4 cm³/mol. The van der Waals surface area contributed by atoms with Crippen LogP contribution in [0, 0.1) is 12.8 Å². The lowest BCUT2D eigenvalue weighted by Gasteiger charge is -2.06. The number of hydrogen-bond donors (Lipinski definition) is 1. The second-order valence-corrected chi connectivity index (χ2v) is 4.12. The van der Waals surface area contributed by atoms with Crippen molar-refractivity contribution in [3.05, 3.63) is 29.6 Å². The van der Waals surface area contributed by atoms with Crippen molar-refractivity contribution in [1.82, 2.24) is 10.3 Å². The third-order valence-corrected chi connectivity index (χ3v) is 2.06. The normalized spacial score (nSPS) is 10.9. The zero-order valence-electron chi connectivity index (χ0n) is 9.38. The van der Waals surface area contributed by atoms with Gasteiger partial charge in [0.15, 0.2) is 0 Å². The maximum atomic E-state index is 4.45. The Balaban J connectivity index is 2.25. The molecule has 78 valence electrons. The number of aromatic nitrogens is 1. The van der Waals surface area contributed by atoms with Gasteiger partial charge >= 0.3 is 0 Å². The molecule has 1 rings (SSSR count). The first-order chi connectivity index (χ1) is 6.68. The molecule has 0 atom stereocenters. The monoisotopic (exact) mass is 192 g/mol. The van der Waals surface area contributed by atoms with Gasteiger partial charge in [-0.25, -0.2) is 0 Å². The Labute approximate surface area is 86.8 Å². The molecule has 0 aliphatic rings. The van der Waals surface area contributed by atoms with Crippen LogP contribution in [0.25, 0.3) is 0 Å². The van der Waals surface area contributed by atoms with Crippen molar-refractivity contribution in [2.75, 3.05) is 13.1 Å². The molecule has 1 aromatic heterocycles. The van der Waals surface area contributed by atoms with Gasteiger partial charge in [0.2, 0.25) is 0 Å². The van der Waals surface area contributed by atoms with E-state index in [9.17, 15) is 0 Å². The minimum Gasteiger partial charge on any atom is -0.316 e. The topological polar surface area (TPSA) is 24.9 Å². The smallest absolute Gasteiger partial charge is 0.0419 e. The average Bonchev–Trinajstić information content (AvgIpc) is 2.12. The summed E-state index contributed by atoms with van der Waals surface area (Å²) in [5, 5.41) is 3.41. The van der Waals surface area contributed by atoms with E-state index in [1.165, 1.54) is 5.69 Å². The number of nitrogens with zero attached hydrogens (tertiary/aromatic N) is 1. The van der Waals surface area contributed by atoms with Gasteiger partial charge in [-0.05, 0) is 31.5 Å². The van der Waals surface area contributed by atoms with Gasteiger partial charge in [-0.15, -0.1) is 0 Å². The average molecular weight is 192 g/mol. The van der Waals surface area contributed by atoms with Crippen LogP contribution < -0.4 is 5.32 Å². The van der Waals surface area contributed by atoms with Gasteiger partial charge in [-0.3, -0.25) is 4.98 Å². The van der Waals surface area contributed by atoms with Crippen molar-refractivity contribution in [3.63, 3.8) is 0 Å². The minimum atomic E-state index is 0.723. The summed E-state index contributed by atoms with van der Waals surface area (Å²) in [7, 11) is 0. The Morgan fingerprint density at radius 2 is 2.14 bits per heavy atom. The molecule has 1 aromatic rings. The van der Waals surface area contributed by atoms with Gasteiger partial charge in [0, 0.05) is 24.4 Å². The number of aryl methyl sites for hydroxylation is 1. The van der Waals surface area contributed by atoms with E-state index in [-0.39, 0.29) is 0 Å². The molecule has 1 heterocycles. The summed E-state index contributed by atoms with van der Waals surface area (Å²) >= 11 is 0. The van der Waals surface area contributed by atoms with Gasteiger partial charge in [0.05, 0.1) is 0 Å². The van der Waals surface area contributed by atoms with E-state index < -0.39 is 0 Å². The summed E-state index contributed by atoms with van der Waals surface area (Å²) in [6, 6.07) is 6.19. The van der Waals surface area contributed by atoms with Crippen molar-refractivity contribution in [2.45, 2.75) is 27.2 Å². The molecule has 0 amide bonds. The molecule has 0 fully saturated rings. The fourth-order valence-electron chi connectivity index (χ4n) is 1.35. The molecular formula is C12H20N2. The first kappa shape index (κ1) is 11.2. The molecule has 0 saturated heterocycles. The Bertz CT molecular complexity index is 269. The summed E-state index contributed by atoms with van der Waals surface area (Å²) < 4.78 is 0. The van der Waals surface area contributed by atoms with Crippen LogP contribution in [0.15, 0.2) is 18.2 Å². The number of rotatable bonds is 5. The Hall–Kier alpha value is -0.890. The third kappa shape index (κ3) is 4.38. The molecule has 0 aliphatic carbocycles. The summed E-state index contributed by atoms with van der Waals surface area (Å²) in [6.07, 6.45) is 1.02. The van der Waals surface area contributed by atoms with E-state index in [0.29, 0.717) is 0 Å². The van der Waals surface area contributed by atoms with E-state index in [1.807, 2.05) is 13.0 Å². The highest BCUT2D eigenvalue weighted by atomic mass is 14.9. The molecule has 1 N–H and O–H groups in total. The van der Waals surface area contributed by atoms with E-state index in [4.69, 9.17) is 0 Å². The largest absolute Gasteiger partial charge is 0.316 e. The van der Waals surface area contributed by atoms with Crippen molar-refractivity contribution in [3.8, 4) is 0 Å². The number of nitrogens with one attached hydrogen (secondary N) is 1. The highest BCUT2D eigenvalue weighted by Gasteiger charge is 1.96. The number of pyridine rings is 1. The fourth-order valence-corrected chi connectivity index (χ4v) is 1.35. The standard InChI is InChI=1S/C12H20N2/c1-10(2)9-13-8-7-12-6-4-5-11(3)14-12/h4-6,10,13H,7-9H2,1-3H3. The predicted octanol–water partition coefficient (Wildman–Crippen LogP) is 2.18. The second-order valence-electron chi connectivity index (χ2n) is 4.12. The highest BCUT2D eigenvalue weighted by Crippen LogP contribution is 1.98. The zero-order valence-corrected chi connectivity index (χ0v) is 9.38. The molecule has 0 radical (unpaired) electrons. The first-order valence-electron chi connectivity index (χ1n) is 5.31. The van der Waals surface area contributed by atoms with Gasteiger partial charge in [-0.1, -0.05) is 19.9 Å². The van der Waals surface area contributed by atoms with Crippen molar-refractivity contribution >= 4 is 0 Å². The lowest BCUT2D eigenvalue weighted by atomic mass is 10.2. The maximum Gasteiger partial charge on any atom is 0.0419 e. The highest BCUT2D eigenvalue weighted by molar-refractivity contribution is 5.10. The lowest BCUT2D eigenvalue weighted by molar-refractivity contribution is 0.552. The second kappa shape index (κ2) is 5.76. The minimum absolute atomic E-state index is 0.723. The van der Waals surface area contributed by atoms with E-state index in [1.54, 1.807) is 0 Å². The summed E-state index contributed by atoms with van der Waals surface area (Å²) in [5.74, 6) is 0.723. The molecule has 0 aliphatic heterocycles. The quantitative estimate of drug-likeness (QED) is 0.723.